The minimum absolute atomic E-state index is 0.113. The second-order valence-corrected chi connectivity index (χ2v) is 16.8. The summed E-state index contributed by atoms with van der Waals surface area (Å²) in [7, 11) is 1.67. The Labute approximate surface area is 337 Å². The molecule has 2 N–H and O–H groups in total. The molecule has 12 heteroatoms. The maximum Gasteiger partial charge on any atom is 0.255 e. The molecule has 0 spiro atoms. The summed E-state index contributed by atoms with van der Waals surface area (Å²) in [5.74, 6) is 1.01. The van der Waals surface area contributed by atoms with Gasteiger partial charge in [-0.25, -0.2) is 4.39 Å². The van der Waals surface area contributed by atoms with Crippen molar-refractivity contribution in [1.82, 2.24) is 15.1 Å². The minimum Gasteiger partial charge on any atom is -0.508 e. The maximum absolute atomic E-state index is 16.2. The van der Waals surface area contributed by atoms with E-state index in [4.69, 9.17) is 9.47 Å². The fourth-order valence-corrected chi connectivity index (χ4v) is 10.5. The van der Waals surface area contributed by atoms with Crippen molar-refractivity contribution >= 4 is 29.1 Å². The van der Waals surface area contributed by atoms with Gasteiger partial charge >= 0.3 is 0 Å². The van der Waals surface area contributed by atoms with Crippen molar-refractivity contribution in [2.45, 2.75) is 62.6 Å². The molecule has 11 nitrogen and oxygen atoms in total. The zero-order valence-corrected chi connectivity index (χ0v) is 32.7. The second-order valence-electron chi connectivity index (χ2n) is 16.8. The third-order valence-corrected chi connectivity index (χ3v) is 13.5. The number of carbonyl (C=O) groups is 3. The zero-order chi connectivity index (χ0) is 39.7. The van der Waals surface area contributed by atoms with Crippen LogP contribution in [0.5, 0.6) is 17.2 Å². The molecule has 6 aliphatic rings. The number of fused-ring (bicyclic) bond motifs is 6. The van der Waals surface area contributed by atoms with Gasteiger partial charge in [0.05, 0.1) is 31.1 Å². The van der Waals surface area contributed by atoms with Crippen LogP contribution in [-0.4, -0.2) is 97.7 Å². The molecule has 1 aliphatic carbocycles. The van der Waals surface area contributed by atoms with Crippen molar-refractivity contribution in [3.63, 3.8) is 0 Å². The number of anilines is 2. The highest BCUT2D eigenvalue weighted by molar-refractivity contribution is 6.06. The van der Waals surface area contributed by atoms with E-state index in [0.717, 1.165) is 92.2 Å². The molecule has 0 radical (unpaired) electrons. The van der Waals surface area contributed by atoms with Gasteiger partial charge < -0.3 is 29.3 Å². The third kappa shape index (κ3) is 6.32. The summed E-state index contributed by atoms with van der Waals surface area (Å²) in [6.45, 7) is 5.97. The molecule has 5 heterocycles. The Hall–Kier alpha value is -5.62. The molecule has 3 saturated heterocycles. The number of carbonyl (C=O) groups excluding carboxylic acids is 3. The van der Waals surface area contributed by atoms with E-state index in [1.54, 1.807) is 24.1 Å². The topological polar surface area (TPSA) is 115 Å². The minimum atomic E-state index is -0.658. The van der Waals surface area contributed by atoms with Crippen LogP contribution < -0.4 is 24.6 Å². The van der Waals surface area contributed by atoms with Crippen molar-refractivity contribution in [2.24, 2.45) is 5.92 Å². The summed E-state index contributed by atoms with van der Waals surface area (Å²) in [5.41, 5.74) is 7.21. The van der Waals surface area contributed by atoms with Crippen molar-refractivity contribution in [3.05, 3.63) is 112 Å². The number of nitrogens with one attached hydrogen (secondary N) is 1. The largest absolute Gasteiger partial charge is 0.508 e. The molecule has 3 fully saturated rings. The Morgan fingerprint density at radius 3 is 2.55 bits per heavy atom. The second kappa shape index (κ2) is 14.6. The molecule has 58 heavy (non-hydrogen) atoms. The van der Waals surface area contributed by atoms with Crippen LogP contribution in [0.15, 0.2) is 72.8 Å². The van der Waals surface area contributed by atoms with E-state index < -0.39 is 11.9 Å². The summed E-state index contributed by atoms with van der Waals surface area (Å²) in [5, 5.41) is 12.6. The lowest BCUT2D eigenvalue weighted by Crippen LogP contribution is -2.58. The van der Waals surface area contributed by atoms with Gasteiger partial charge in [0.15, 0.2) is 0 Å². The third-order valence-electron chi connectivity index (χ3n) is 13.5. The first-order valence-corrected chi connectivity index (χ1v) is 20.7. The number of piperazine rings is 1. The van der Waals surface area contributed by atoms with Crippen molar-refractivity contribution < 1.29 is 33.4 Å². The van der Waals surface area contributed by atoms with Crippen LogP contribution in [0.4, 0.5) is 15.8 Å². The Morgan fingerprint density at radius 2 is 1.74 bits per heavy atom. The number of ether oxygens (including phenoxy) is 2. The molecule has 0 saturated carbocycles. The van der Waals surface area contributed by atoms with E-state index in [0.29, 0.717) is 42.5 Å². The number of phenolic OH excluding ortho intramolecular Hbond substituents is 1. The summed E-state index contributed by atoms with van der Waals surface area (Å²) in [6.07, 6.45) is 3.30. The molecule has 300 valence electrons. The Morgan fingerprint density at radius 1 is 0.897 bits per heavy atom. The highest BCUT2D eigenvalue weighted by atomic mass is 19.1. The Balaban J connectivity index is 0.776. The SMILES string of the molecule is COc1cc(N2CC(CCN3CCN4c5ccc6c(c5OC[C@H]4C3)CN([C@H]3CCC(=O)NC3=O)C6=O)C2)c(F)cc1[C@@H]1c2ccc(O)cc2CC[C@@H]1c1ccccc1. The van der Waals surface area contributed by atoms with E-state index in [-0.39, 0.29) is 47.7 Å². The van der Waals surface area contributed by atoms with Crippen LogP contribution in [0.3, 0.4) is 0 Å². The van der Waals surface area contributed by atoms with Gasteiger partial charge in [-0.2, -0.15) is 0 Å². The van der Waals surface area contributed by atoms with E-state index in [1.807, 2.05) is 36.4 Å². The maximum atomic E-state index is 16.2. The molecule has 0 unspecified atom stereocenters. The first-order valence-electron chi connectivity index (χ1n) is 20.7. The van der Waals surface area contributed by atoms with Gasteiger partial charge in [-0.05, 0) is 91.1 Å². The van der Waals surface area contributed by atoms with Crippen LogP contribution >= 0.6 is 0 Å². The fourth-order valence-electron chi connectivity index (χ4n) is 10.5. The van der Waals surface area contributed by atoms with Crippen molar-refractivity contribution in [1.29, 1.82) is 0 Å². The van der Waals surface area contributed by atoms with Gasteiger partial charge in [-0.15, -0.1) is 0 Å². The van der Waals surface area contributed by atoms with Gasteiger partial charge in [0.25, 0.3) is 5.91 Å². The quantitative estimate of drug-likeness (QED) is 0.222. The van der Waals surface area contributed by atoms with Crippen LogP contribution in [0.2, 0.25) is 0 Å². The molecule has 4 aromatic carbocycles. The fraction of sp³-hybridized carbons (Fsp3) is 0.413. The number of hydrogen-bond donors (Lipinski definition) is 2. The molecule has 5 aliphatic heterocycles. The number of aryl methyl sites for hydroxylation is 1. The number of nitrogens with zero attached hydrogens (tertiary/aromatic N) is 4. The molecular formula is C46H48FN5O6. The van der Waals surface area contributed by atoms with Gasteiger partial charge in [-0.3, -0.25) is 24.6 Å². The lowest BCUT2D eigenvalue weighted by molar-refractivity contribution is -0.136. The monoisotopic (exact) mass is 785 g/mol. The summed E-state index contributed by atoms with van der Waals surface area (Å²) < 4.78 is 28.7. The van der Waals surface area contributed by atoms with E-state index in [9.17, 15) is 19.5 Å². The number of phenols is 1. The normalized spacial score (nSPS) is 24.3. The van der Waals surface area contributed by atoms with E-state index in [1.165, 1.54) is 5.56 Å². The highest BCUT2D eigenvalue weighted by Gasteiger charge is 2.43. The molecule has 10 rings (SSSR count). The lowest BCUT2D eigenvalue weighted by Gasteiger charge is -2.47. The predicted octanol–water partition coefficient (Wildman–Crippen LogP) is 5.57. The van der Waals surface area contributed by atoms with Crippen LogP contribution in [0, 0.1) is 11.7 Å². The van der Waals surface area contributed by atoms with E-state index in [2.05, 4.69) is 44.3 Å². The number of rotatable bonds is 8. The number of methoxy groups -OCH3 is 1. The summed E-state index contributed by atoms with van der Waals surface area (Å²) in [4.78, 5) is 46.3. The number of halogens is 1. The molecular weight excluding hydrogens is 738 g/mol. The number of hydrogen-bond acceptors (Lipinski definition) is 9. The predicted molar refractivity (Wildman–Crippen MR) is 216 cm³/mol. The van der Waals surface area contributed by atoms with Gasteiger partial charge in [0.1, 0.15) is 35.7 Å². The van der Waals surface area contributed by atoms with Crippen LogP contribution in [0.1, 0.15) is 75.7 Å². The van der Waals surface area contributed by atoms with Gasteiger partial charge in [0, 0.05) is 67.8 Å². The van der Waals surface area contributed by atoms with Gasteiger partial charge in [-0.1, -0.05) is 36.4 Å². The molecule has 4 atom stereocenters. The Kier molecular flexibility index (Phi) is 9.26. The molecule has 3 amide bonds. The van der Waals surface area contributed by atoms with Crippen molar-refractivity contribution in [2.75, 3.05) is 62.8 Å². The van der Waals surface area contributed by atoms with Crippen LogP contribution in [-0.2, 0) is 22.6 Å². The standard InChI is InChI=1S/C46H48FN5O6/c1-57-41-21-40(37(47)20-35(41)43-32(28-5-3-2-4-6-28)9-7-29-19-31(53)8-10-33(29)43)50-22-27(23-50)15-16-49-17-18-51-30(24-49)26-58-44-36-25-52(39-13-14-42(54)48-45(39)55)46(56)34(36)11-12-38(44)51/h2-6,8,10-12,19-21,27,30,32,39,43,53H,7,9,13-18,22-26H2,1H3,(H,48,54,55)/t30-,32-,39+,43+/m1/s1. The van der Waals surface area contributed by atoms with Gasteiger partial charge in [0.2, 0.25) is 11.8 Å². The first kappa shape index (κ1) is 36.7. The number of imide groups is 1. The van der Waals surface area contributed by atoms with Crippen molar-refractivity contribution in [3.8, 4) is 17.2 Å². The average molecular weight is 786 g/mol. The smallest absolute Gasteiger partial charge is 0.255 e. The van der Waals surface area contributed by atoms with E-state index >= 15 is 4.39 Å². The highest BCUT2D eigenvalue weighted by Crippen LogP contribution is 2.51. The molecule has 0 aromatic heterocycles. The zero-order valence-electron chi connectivity index (χ0n) is 32.7. The summed E-state index contributed by atoms with van der Waals surface area (Å²) >= 11 is 0. The number of amides is 3. The number of aromatic hydroxyl groups is 1. The molecule has 4 aromatic rings. The first-order chi connectivity index (χ1) is 28.2. The van der Waals surface area contributed by atoms with Crippen LogP contribution in [0.25, 0.3) is 0 Å². The number of piperidine rings is 1. The molecule has 0 bridgehead atoms. The Bertz CT molecular complexity index is 2300. The average Bonchev–Trinajstić information content (AvgIpc) is 3.55. The summed E-state index contributed by atoms with van der Waals surface area (Å²) in [6, 6.07) is 22.9. The number of benzene rings is 4. The lowest BCUT2D eigenvalue weighted by atomic mass is 9.69.